The summed E-state index contributed by atoms with van der Waals surface area (Å²) in [5.41, 5.74) is 3.19. The van der Waals surface area contributed by atoms with Crippen molar-refractivity contribution < 1.29 is 9.59 Å². The fourth-order valence-corrected chi connectivity index (χ4v) is 4.00. The number of aromatic amines is 1. The van der Waals surface area contributed by atoms with Crippen LogP contribution in [0.2, 0.25) is 5.02 Å². The van der Waals surface area contributed by atoms with Crippen LogP contribution in [0.5, 0.6) is 0 Å². The third-order valence-corrected chi connectivity index (χ3v) is 5.53. The van der Waals surface area contributed by atoms with Gasteiger partial charge in [-0.25, -0.2) is 0 Å². The average Bonchev–Trinajstić information content (AvgIpc) is 3.37. The summed E-state index contributed by atoms with van der Waals surface area (Å²) in [6, 6.07) is 14.8. The van der Waals surface area contributed by atoms with E-state index in [9.17, 15) is 9.59 Å². The molecule has 2 heterocycles. The van der Waals surface area contributed by atoms with Gasteiger partial charge in [-0.15, -0.1) is 0 Å². The lowest BCUT2D eigenvalue weighted by molar-refractivity contribution is -0.116. The number of anilines is 2. The van der Waals surface area contributed by atoms with Gasteiger partial charge in [0.1, 0.15) is 5.69 Å². The molecule has 1 aliphatic rings. The average molecular weight is 425 g/mol. The predicted octanol–water partition coefficient (Wildman–Crippen LogP) is 4.57. The highest BCUT2D eigenvalue weighted by Crippen LogP contribution is 2.23. The van der Waals surface area contributed by atoms with Crippen molar-refractivity contribution in [1.82, 2.24) is 10.3 Å². The van der Waals surface area contributed by atoms with E-state index >= 15 is 0 Å². The van der Waals surface area contributed by atoms with Crippen molar-refractivity contribution in [1.29, 1.82) is 0 Å². The second-order valence-electron chi connectivity index (χ2n) is 7.79. The maximum absolute atomic E-state index is 12.5. The molecule has 1 fully saturated rings. The van der Waals surface area contributed by atoms with Gasteiger partial charge in [0.05, 0.1) is 0 Å². The van der Waals surface area contributed by atoms with Gasteiger partial charge in [-0.2, -0.15) is 0 Å². The van der Waals surface area contributed by atoms with Gasteiger partial charge in [-0.05, 0) is 62.2 Å². The number of benzene rings is 2. The van der Waals surface area contributed by atoms with Crippen LogP contribution in [0.15, 0.2) is 48.5 Å². The number of hydrogen-bond acceptors (Lipinski definition) is 3. The Morgan fingerprint density at radius 2 is 1.93 bits per heavy atom. The SMILES string of the molecule is CC(CC(=O)Nc1cccc(N2CCCC2)c1)NC(=O)c1cc2cc(Cl)ccc2[nH]1. The number of fused-ring (bicyclic) bond motifs is 1. The molecule has 0 bridgehead atoms. The van der Waals surface area contributed by atoms with Gasteiger partial charge >= 0.3 is 0 Å². The summed E-state index contributed by atoms with van der Waals surface area (Å²) >= 11 is 6.00. The predicted molar refractivity (Wildman–Crippen MR) is 121 cm³/mol. The summed E-state index contributed by atoms with van der Waals surface area (Å²) in [5, 5.41) is 7.30. The van der Waals surface area contributed by atoms with Crippen LogP contribution in [0.25, 0.3) is 10.9 Å². The zero-order chi connectivity index (χ0) is 21.1. The highest BCUT2D eigenvalue weighted by atomic mass is 35.5. The highest BCUT2D eigenvalue weighted by Gasteiger charge is 2.16. The number of nitrogens with one attached hydrogen (secondary N) is 3. The van der Waals surface area contributed by atoms with E-state index in [0.29, 0.717) is 10.7 Å². The second-order valence-corrected chi connectivity index (χ2v) is 8.22. The topological polar surface area (TPSA) is 77.2 Å². The quantitative estimate of drug-likeness (QED) is 0.542. The van der Waals surface area contributed by atoms with Crippen LogP contribution in [0.1, 0.15) is 36.7 Å². The van der Waals surface area contributed by atoms with E-state index in [4.69, 9.17) is 11.6 Å². The molecule has 1 aromatic heterocycles. The zero-order valence-corrected chi connectivity index (χ0v) is 17.6. The minimum atomic E-state index is -0.311. The Kier molecular flexibility index (Phi) is 5.95. The molecule has 0 radical (unpaired) electrons. The first-order valence-electron chi connectivity index (χ1n) is 10.2. The van der Waals surface area contributed by atoms with Crippen molar-refractivity contribution in [2.24, 2.45) is 0 Å². The molecule has 3 N–H and O–H groups in total. The molecule has 0 spiro atoms. The lowest BCUT2D eigenvalue weighted by Gasteiger charge is -2.19. The van der Waals surface area contributed by atoms with E-state index in [-0.39, 0.29) is 24.3 Å². The Labute approximate surface area is 180 Å². The van der Waals surface area contributed by atoms with Crippen LogP contribution in [0.3, 0.4) is 0 Å². The van der Waals surface area contributed by atoms with Gasteiger partial charge in [-0.3, -0.25) is 9.59 Å². The number of aromatic nitrogens is 1. The number of halogens is 1. The van der Waals surface area contributed by atoms with Gasteiger partial charge < -0.3 is 20.5 Å². The largest absolute Gasteiger partial charge is 0.371 e. The minimum Gasteiger partial charge on any atom is -0.371 e. The first kappa shape index (κ1) is 20.3. The normalized spacial score (nSPS) is 14.7. The Morgan fingerprint density at radius 3 is 2.73 bits per heavy atom. The van der Waals surface area contributed by atoms with Crippen LogP contribution < -0.4 is 15.5 Å². The summed E-state index contributed by atoms with van der Waals surface area (Å²) in [7, 11) is 0. The van der Waals surface area contributed by atoms with Gasteiger partial charge in [0.25, 0.3) is 5.91 Å². The van der Waals surface area contributed by atoms with Crippen LogP contribution in [-0.2, 0) is 4.79 Å². The Hall–Kier alpha value is -2.99. The highest BCUT2D eigenvalue weighted by molar-refractivity contribution is 6.31. The first-order chi connectivity index (χ1) is 14.5. The second kappa shape index (κ2) is 8.79. The van der Waals surface area contributed by atoms with Crippen LogP contribution >= 0.6 is 11.6 Å². The molecular weight excluding hydrogens is 400 g/mol. The van der Waals surface area contributed by atoms with Crippen molar-refractivity contribution in [3.8, 4) is 0 Å². The molecule has 0 aliphatic carbocycles. The molecule has 6 nitrogen and oxygen atoms in total. The molecule has 156 valence electrons. The number of rotatable bonds is 6. The Morgan fingerprint density at radius 1 is 1.13 bits per heavy atom. The summed E-state index contributed by atoms with van der Waals surface area (Å²) in [4.78, 5) is 30.4. The summed E-state index contributed by atoms with van der Waals surface area (Å²) in [5.74, 6) is -0.386. The van der Waals surface area contributed by atoms with E-state index in [1.54, 1.807) is 18.2 Å². The van der Waals surface area contributed by atoms with Crippen molar-refractivity contribution in [3.05, 3.63) is 59.2 Å². The maximum atomic E-state index is 12.5. The fraction of sp³-hybridized carbons (Fsp3) is 0.304. The third-order valence-electron chi connectivity index (χ3n) is 5.30. The van der Waals surface area contributed by atoms with Crippen LogP contribution in [0.4, 0.5) is 11.4 Å². The third kappa shape index (κ3) is 4.76. The number of nitrogens with zero attached hydrogens (tertiary/aromatic N) is 1. The summed E-state index contributed by atoms with van der Waals surface area (Å²) < 4.78 is 0. The molecule has 1 atom stereocenters. The van der Waals surface area contributed by atoms with E-state index in [2.05, 4.69) is 26.6 Å². The molecule has 1 unspecified atom stereocenters. The summed E-state index contributed by atoms with van der Waals surface area (Å²) in [6.45, 7) is 3.93. The minimum absolute atomic E-state index is 0.134. The number of hydrogen-bond donors (Lipinski definition) is 3. The first-order valence-corrected chi connectivity index (χ1v) is 10.6. The van der Waals surface area contributed by atoms with Crippen molar-refractivity contribution in [3.63, 3.8) is 0 Å². The monoisotopic (exact) mass is 424 g/mol. The molecule has 7 heteroatoms. The lowest BCUT2D eigenvalue weighted by atomic mass is 10.2. The van der Waals surface area contributed by atoms with Gasteiger partial charge in [0, 0.05) is 52.9 Å². The van der Waals surface area contributed by atoms with Gasteiger partial charge in [-0.1, -0.05) is 17.7 Å². The molecule has 1 saturated heterocycles. The standard InChI is InChI=1S/C23H25ClN4O2/c1-15(25-23(30)21-13-16-12-17(24)7-8-20(16)27-21)11-22(29)26-18-5-4-6-19(14-18)28-9-2-3-10-28/h4-8,12-15,27H,2-3,9-11H2,1H3,(H,25,30)(H,26,29). The molecule has 1 aliphatic heterocycles. The molecule has 0 saturated carbocycles. The maximum Gasteiger partial charge on any atom is 0.267 e. The molecule has 3 aromatic rings. The molecule has 4 rings (SSSR count). The van der Waals surface area contributed by atoms with E-state index in [0.717, 1.165) is 35.4 Å². The molecule has 30 heavy (non-hydrogen) atoms. The summed E-state index contributed by atoms with van der Waals surface area (Å²) in [6.07, 6.45) is 2.60. The van der Waals surface area contributed by atoms with E-state index < -0.39 is 0 Å². The molecule has 2 amide bonds. The van der Waals surface area contributed by atoms with Gasteiger partial charge in [0.15, 0.2) is 0 Å². The number of carbonyl (C=O) groups is 2. The van der Waals surface area contributed by atoms with E-state index in [1.165, 1.54) is 12.8 Å². The number of amides is 2. The van der Waals surface area contributed by atoms with Crippen LogP contribution in [0, 0.1) is 0 Å². The molecular formula is C23H25ClN4O2. The van der Waals surface area contributed by atoms with Gasteiger partial charge in [0.2, 0.25) is 5.91 Å². The Balaban J connectivity index is 1.33. The van der Waals surface area contributed by atoms with Crippen molar-refractivity contribution >= 4 is 45.7 Å². The Bertz CT molecular complexity index is 1070. The van der Waals surface area contributed by atoms with Crippen molar-refractivity contribution in [2.75, 3.05) is 23.3 Å². The smallest absolute Gasteiger partial charge is 0.267 e. The number of carbonyl (C=O) groups excluding carboxylic acids is 2. The molecule has 2 aromatic carbocycles. The van der Waals surface area contributed by atoms with Crippen molar-refractivity contribution in [2.45, 2.75) is 32.2 Å². The number of H-pyrrole nitrogens is 1. The lowest BCUT2D eigenvalue weighted by Crippen LogP contribution is -2.35. The van der Waals surface area contributed by atoms with E-state index in [1.807, 2.05) is 31.2 Å². The zero-order valence-electron chi connectivity index (χ0n) is 16.9. The fourth-order valence-electron chi connectivity index (χ4n) is 3.82. The van der Waals surface area contributed by atoms with Crippen LogP contribution in [-0.4, -0.2) is 35.9 Å².